The molecule has 0 aliphatic heterocycles. The van der Waals surface area contributed by atoms with Crippen LogP contribution >= 0.6 is 0 Å². The fourth-order valence-electron chi connectivity index (χ4n) is 0.437. The minimum atomic E-state index is 0.785. The van der Waals surface area contributed by atoms with Crippen LogP contribution in [0.15, 0.2) is 24.5 Å². The van der Waals surface area contributed by atoms with E-state index < -0.39 is 0 Å². The summed E-state index contributed by atoms with van der Waals surface area (Å²) in [6.07, 6.45) is 5.35. The largest absolute Gasteiger partial charge is 0.263 e. The molecule has 1 heterocycles. The predicted octanol–water partition coefficient (Wildman–Crippen LogP) is 1.06. The first kappa shape index (κ1) is 3.68. The first-order chi connectivity index (χ1) is 4.43. The lowest BCUT2D eigenvalue weighted by Crippen LogP contribution is -1.72. The number of hydrogen-bond donors (Lipinski definition) is 0. The van der Waals surface area contributed by atoms with Crippen molar-refractivity contribution in [2.75, 3.05) is 0 Å². The molecule has 0 aromatic carbocycles. The van der Waals surface area contributed by atoms with Gasteiger partial charge in [-0.25, -0.2) is 0 Å². The van der Waals surface area contributed by atoms with Gasteiger partial charge in [-0.05, 0) is 12.1 Å². The van der Waals surface area contributed by atoms with Gasteiger partial charge in [-0.3, -0.25) is 4.98 Å². The van der Waals surface area contributed by atoms with Gasteiger partial charge in [-0.2, -0.15) is 0 Å². The van der Waals surface area contributed by atoms with Gasteiger partial charge in [0.2, 0.25) is 0 Å². The minimum absolute atomic E-state index is 0.785. The normalized spacial score (nSPS) is 8.75. The molecule has 0 spiro atoms. The van der Waals surface area contributed by atoms with Crippen LogP contribution in [0.3, 0.4) is 0 Å². The van der Waals surface area contributed by atoms with Crippen LogP contribution in [0.1, 0.15) is 6.93 Å². The molecule has 0 radical (unpaired) electrons. The van der Waals surface area contributed by atoms with Crippen LogP contribution in [0.4, 0.5) is 0 Å². The van der Waals surface area contributed by atoms with Gasteiger partial charge >= 0.3 is 0 Å². The summed E-state index contributed by atoms with van der Waals surface area (Å²) in [5.74, 6) is 2.56. The van der Waals surface area contributed by atoms with Gasteiger partial charge in [0.15, 0.2) is 0 Å². The van der Waals surface area contributed by atoms with E-state index in [-0.39, 0.29) is 0 Å². The smallest absolute Gasteiger partial charge is 0.124 e. The van der Waals surface area contributed by atoms with Gasteiger partial charge in [-0.1, -0.05) is 5.92 Å². The number of pyridine rings is 1. The lowest BCUT2D eigenvalue weighted by molar-refractivity contribution is 1.31. The summed E-state index contributed by atoms with van der Waals surface area (Å²) < 4.78 is 6.55. The van der Waals surface area contributed by atoms with Crippen molar-refractivity contribution in [1.29, 1.82) is 0 Å². The van der Waals surface area contributed by atoms with Crippen LogP contribution in [0.5, 0.6) is 0 Å². The van der Waals surface area contributed by atoms with E-state index in [9.17, 15) is 0 Å². The topological polar surface area (TPSA) is 12.9 Å². The van der Waals surface area contributed by atoms with E-state index in [0.717, 1.165) is 5.56 Å². The van der Waals surface area contributed by atoms with Crippen LogP contribution in [-0.2, 0) is 0 Å². The summed E-state index contributed by atoms with van der Waals surface area (Å²) in [6.45, 7) is 0. The van der Waals surface area contributed by atoms with Crippen molar-refractivity contribution in [3.63, 3.8) is 0 Å². The molecule has 1 heteroatoms. The van der Waals surface area contributed by atoms with Gasteiger partial charge < -0.3 is 0 Å². The Kier molecular flexibility index (Phi) is 0.980. The van der Waals surface area contributed by atoms with Crippen molar-refractivity contribution in [3.8, 4) is 12.3 Å². The van der Waals surface area contributed by atoms with Crippen molar-refractivity contribution < 1.29 is 1.37 Å². The van der Waals surface area contributed by atoms with Crippen molar-refractivity contribution in [1.82, 2.24) is 4.98 Å². The molecule has 0 unspecified atom stereocenters. The fraction of sp³-hybridized carbons (Fsp3) is 0. The summed E-state index contributed by atoms with van der Waals surface area (Å²) >= 11 is 0. The SMILES string of the molecule is [2H]C#Cc1cccnc1. The highest BCUT2D eigenvalue weighted by Crippen LogP contribution is 1.89. The summed E-state index contributed by atoms with van der Waals surface area (Å²) in [7, 11) is 0. The Morgan fingerprint density at radius 1 is 1.88 bits per heavy atom. The number of nitrogens with zero attached hydrogens (tertiary/aromatic N) is 1. The van der Waals surface area contributed by atoms with Crippen molar-refractivity contribution >= 4 is 0 Å². The highest BCUT2D eigenvalue weighted by molar-refractivity contribution is 5.27. The number of terminal acetylenes is 1. The highest BCUT2D eigenvalue weighted by atomic mass is 14.6. The number of hydrogen-bond acceptors (Lipinski definition) is 1. The zero-order valence-electron chi connectivity index (χ0n) is 5.26. The second-order valence-electron chi connectivity index (χ2n) is 1.37. The monoisotopic (exact) mass is 104 g/mol. The highest BCUT2D eigenvalue weighted by Gasteiger charge is 1.77. The lowest BCUT2D eigenvalue weighted by Gasteiger charge is -1.81. The zero-order chi connectivity index (χ0) is 6.53. The first-order valence-electron chi connectivity index (χ1n) is 2.76. The van der Waals surface area contributed by atoms with Crippen LogP contribution in [0.2, 0.25) is 0 Å². The molecule has 1 nitrogen and oxygen atoms in total. The maximum absolute atomic E-state index is 6.55. The van der Waals surface area contributed by atoms with Gasteiger partial charge in [0.25, 0.3) is 0 Å². The molecular formula is C7H5N. The van der Waals surface area contributed by atoms with Gasteiger partial charge in [0.05, 0.1) is 0 Å². The van der Waals surface area contributed by atoms with Crippen molar-refractivity contribution in [2.45, 2.75) is 0 Å². The molecule has 0 atom stereocenters. The van der Waals surface area contributed by atoms with E-state index in [2.05, 4.69) is 10.9 Å². The fourth-order valence-corrected chi connectivity index (χ4v) is 0.437. The first-order valence-corrected chi connectivity index (χ1v) is 2.26. The second kappa shape index (κ2) is 2.13. The summed E-state index contributed by atoms with van der Waals surface area (Å²) in [4.78, 5) is 3.82. The summed E-state index contributed by atoms with van der Waals surface area (Å²) in [6, 6.07) is 3.61. The van der Waals surface area contributed by atoms with Crippen LogP contribution < -0.4 is 0 Å². The summed E-state index contributed by atoms with van der Waals surface area (Å²) in [5.41, 5.74) is 0.785. The minimum Gasteiger partial charge on any atom is -0.263 e. The van der Waals surface area contributed by atoms with Gasteiger partial charge in [0, 0.05) is 18.0 Å². The van der Waals surface area contributed by atoms with Crippen molar-refractivity contribution in [2.24, 2.45) is 0 Å². The maximum atomic E-state index is 6.55. The van der Waals surface area contributed by atoms with E-state index >= 15 is 0 Å². The second-order valence-corrected chi connectivity index (χ2v) is 1.37. The van der Waals surface area contributed by atoms with Crippen LogP contribution in [-0.4, -0.2) is 4.98 Å². The van der Waals surface area contributed by atoms with E-state index in [1.165, 1.54) is 0 Å². The average Bonchev–Trinajstić information content (AvgIpc) is 1.91. The number of rotatable bonds is 0. The molecule has 1 aromatic rings. The third-order valence-corrected chi connectivity index (χ3v) is 0.806. The van der Waals surface area contributed by atoms with E-state index in [0.29, 0.717) is 0 Å². The Balaban J connectivity index is 2.94. The van der Waals surface area contributed by atoms with Gasteiger partial charge in [-0.15, -0.1) is 6.40 Å². The third kappa shape index (κ3) is 0.855. The molecule has 0 aliphatic rings. The lowest BCUT2D eigenvalue weighted by atomic mass is 10.3. The molecule has 0 N–H and O–H groups in total. The average molecular weight is 104 g/mol. The predicted molar refractivity (Wildman–Crippen MR) is 32.2 cm³/mol. The zero-order valence-corrected chi connectivity index (χ0v) is 4.26. The molecule has 0 bridgehead atoms. The molecule has 0 aliphatic carbocycles. The molecule has 8 heavy (non-hydrogen) atoms. The Morgan fingerprint density at radius 2 is 2.88 bits per heavy atom. The van der Waals surface area contributed by atoms with Crippen LogP contribution in [0, 0.1) is 12.3 Å². The molecule has 38 valence electrons. The van der Waals surface area contributed by atoms with E-state index in [1.54, 1.807) is 18.5 Å². The molecule has 0 fully saturated rings. The molecule has 0 amide bonds. The third-order valence-electron chi connectivity index (χ3n) is 0.806. The number of aromatic nitrogens is 1. The molecule has 0 saturated heterocycles. The van der Waals surface area contributed by atoms with E-state index in [4.69, 9.17) is 1.37 Å². The summed E-state index contributed by atoms with van der Waals surface area (Å²) in [5, 5.41) is 0. The molecule has 1 rings (SSSR count). The molecule has 1 aromatic heterocycles. The standard InChI is InChI=1S/C7H5N/c1-2-7-4-3-5-8-6-7/h1,3-6H/i1D. The van der Waals surface area contributed by atoms with E-state index in [1.807, 2.05) is 12.5 Å². The Bertz CT molecular complexity index is 232. The Labute approximate surface area is 49.8 Å². The molecule has 0 saturated carbocycles. The Morgan fingerprint density at radius 3 is 3.50 bits per heavy atom. The van der Waals surface area contributed by atoms with Crippen LogP contribution in [0.25, 0.3) is 0 Å². The quantitative estimate of drug-likeness (QED) is 0.448. The van der Waals surface area contributed by atoms with Crippen molar-refractivity contribution in [3.05, 3.63) is 30.1 Å². The van der Waals surface area contributed by atoms with Gasteiger partial charge in [0.1, 0.15) is 1.37 Å². The molecular weight excluding hydrogens is 98.1 g/mol. The maximum Gasteiger partial charge on any atom is 0.124 e. The Hall–Kier alpha value is -1.29.